The molecule has 1 atom stereocenters. The Labute approximate surface area is 152 Å². The number of amides is 4. The number of carbonyl (C=O) groups is 3. The van der Waals surface area contributed by atoms with E-state index in [0.29, 0.717) is 19.4 Å². The van der Waals surface area contributed by atoms with Crippen molar-refractivity contribution >= 4 is 51.2 Å². The van der Waals surface area contributed by atoms with E-state index in [9.17, 15) is 14.4 Å². The third-order valence-electron chi connectivity index (χ3n) is 3.76. The van der Waals surface area contributed by atoms with Crippen molar-refractivity contribution in [3.05, 3.63) is 24.3 Å². The molecule has 0 saturated carbocycles. The van der Waals surface area contributed by atoms with Gasteiger partial charge in [0.2, 0.25) is 5.91 Å². The second kappa shape index (κ2) is 7.70. The number of aromatic nitrogens is 1. The quantitative estimate of drug-likeness (QED) is 0.543. The molecule has 1 aromatic heterocycles. The van der Waals surface area contributed by atoms with Gasteiger partial charge < -0.3 is 10.6 Å². The fourth-order valence-electron chi connectivity index (χ4n) is 2.59. The zero-order valence-electron chi connectivity index (χ0n) is 13.2. The number of rotatable bonds is 4. The molecular weight excluding hydrogens is 362 g/mol. The molecule has 2 heterocycles. The standard InChI is InChI=1S/C15H17N5O3S2/c16-14(23)20-7-3-5-10(20)13(22)19-18-12(21)8-24-15-17-9-4-1-2-6-11(9)25-15/h1-2,4,6,10H,3,5,7-8H2,(H2,16,23)(H,18,21)(H,19,22). The van der Waals surface area contributed by atoms with Crippen LogP contribution in [0.2, 0.25) is 0 Å². The number of hydrogen-bond acceptors (Lipinski definition) is 6. The van der Waals surface area contributed by atoms with Crippen molar-refractivity contribution in [2.75, 3.05) is 12.3 Å². The second-order valence-electron chi connectivity index (χ2n) is 5.46. The number of thiazole rings is 1. The predicted molar refractivity (Wildman–Crippen MR) is 95.9 cm³/mol. The number of carbonyl (C=O) groups excluding carboxylic acids is 3. The molecule has 4 amide bonds. The van der Waals surface area contributed by atoms with Crippen LogP contribution < -0.4 is 16.6 Å². The Morgan fingerprint density at radius 3 is 2.88 bits per heavy atom. The lowest BCUT2D eigenvalue weighted by Crippen LogP contribution is -2.52. The maximum absolute atomic E-state index is 12.1. The molecule has 10 heteroatoms. The largest absolute Gasteiger partial charge is 0.351 e. The van der Waals surface area contributed by atoms with E-state index in [1.54, 1.807) is 0 Å². The highest BCUT2D eigenvalue weighted by molar-refractivity contribution is 8.01. The van der Waals surface area contributed by atoms with Crippen LogP contribution in [0.4, 0.5) is 4.79 Å². The van der Waals surface area contributed by atoms with E-state index in [2.05, 4.69) is 15.8 Å². The molecule has 1 saturated heterocycles. The lowest BCUT2D eigenvalue weighted by Gasteiger charge is -2.21. The molecule has 4 N–H and O–H groups in total. The summed E-state index contributed by atoms with van der Waals surface area (Å²) in [4.78, 5) is 40.9. The van der Waals surface area contributed by atoms with Gasteiger partial charge >= 0.3 is 6.03 Å². The summed E-state index contributed by atoms with van der Waals surface area (Å²) < 4.78 is 1.85. The van der Waals surface area contributed by atoms with Gasteiger partial charge in [0, 0.05) is 6.54 Å². The van der Waals surface area contributed by atoms with Crippen LogP contribution in [0.3, 0.4) is 0 Å². The Hall–Kier alpha value is -2.33. The van der Waals surface area contributed by atoms with Crippen molar-refractivity contribution in [3.63, 3.8) is 0 Å². The van der Waals surface area contributed by atoms with Crippen molar-refractivity contribution in [2.24, 2.45) is 5.73 Å². The van der Waals surface area contributed by atoms with Crippen LogP contribution >= 0.6 is 23.1 Å². The monoisotopic (exact) mass is 379 g/mol. The highest BCUT2D eigenvalue weighted by Gasteiger charge is 2.33. The van der Waals surface area contributed by atoms with E-state index in [1.165, 1.54) is 28.0 Å². The number of hydrazine groups is 1. The summed E-state index contributed by atoms with van der Waals surface area (Å²) in [6.45, 7) is 0.453. The summed E-state index contributed by atoms with van der Waals surface area (Å²) in [5.41, 5.74) is 10.9. The number of hydrogen-bond donors (Lipinski definition) is 3. The van der Waals surface area contributed by atoms with E-state index < -0.39 is 18.0 Å². The Kier molecular flexibility index (Phi) is 5.39. The van der Waals surface area contributed by atoms with Gasteiger partial charge in [0.05, 0.1) is 16.0 Å². The molecule has 0 bridgehead atoms. The minimum Gasteiger partial charge on any atom is -0.351 e. The van der Waals surface area contributed by atoms with Gasteiger partial charge in [-0.1, -0.05) is 23.9 Å². The first-order valence-electron chi connectivity index (χ1n) is 7.68. The first-order chi connectivity index (χ1) is 12.0. The van der Waals surface area contributed by atoms with Crippen molar-refractivity contribution in [2.45, 2.75) is 23.2 Å². The van der Waals surface area contributed by atoms with E-state index in [0.717, 1.165) is 14.6 Å². The Morgan fingerprint density at radius 1 is 1.32 bits per heavy atom. The Morgan fingerprint density at radius 2 is 2.12 bits per heavy atom. The fourth-order valence-corrected chi connectivity index (χ4v) is 4.46. The zero-order chi connectivity index (χ0) is 17.8. The fraction of sp³-hybridized carbons (Fsp3) is 0.333. The van der Waals surface area contributed by atoms with Gasteiger partial charge in [-0.25, -0.2) is 9.78 Å². The topological polar surface area (TPSA) is 117 Å². The molecule has 25 heavy (non-hydrogen) atoms. The molecule has 0 spiro atoms. The first-order valence-corrected chi connectivity index (χ1v) is 9.48. The molecule has 1 aromatic carbocycles. The van der Waals surface area contributed by atoms with E-state index in [-0.39, 0.29) is 11.7 Å². The number of likely N-dealkylation sites (tertiary alicyclic amines) is 1. The maximum atomic E-state index is 12.1. The Balaban J connectivity index is 1.46. The summed E-state index contributed by atoms with van der Waals surface area (Å²) >= 11 is 2.82. The van der Waals surface area contributed by atoms with Gasteiger partial charge in [-0.3, -0.25) is 20.4 Å². The molecule has 1 aliphatic heterocycles. The number of primary amides is 1. The SMILES string of the molecule is NC(=O)N1CCCC1C(=O)NNC(=O)CSc1nc2ccccc2s1. The molecule has 3 rings (SSSR count). The minimum absolute atomic E-state index is 0.129. The zero-order valence-corrected chi connectivity index (χ0v) is 14.9. The van der Waals surface area contributed by atoms with Crippen LogP contribution in [0.1, 0.15) is 12.8 Å². The van der Waals surface area contributed by atoms with Crippen LogP contribution in [0.5, 0.6) is 0 Å². The lowest BCUT2D eigenvalue weighted by molar-refractivity contribution is -0.130. The minimum atomic E-state index is -0.630. The molecular formula is C15H17N5O3S2. The smallest absolute Gasteiger partial charge is 0.315 e. The van der Waals surface area contributed by atoms with Gasteiger partial charge in [0.15, 0.2) is 4.34 Å². The average Bonchev–Trinajstić information content (AvgIpc) is 3.24. The highest BCUT2D eigenvalue weighted by Crippen LogP contribution is 2.28. The van der Waals surface area contributed by atoms with Crippen molar-refractivity contribution in [3.8, 4) is 0 Å². The Bertz CT molecular complexity index is 776. The number of nitrogens with one attached hydrogen (secondary N) is 2. The first kappa shape index (κ1) is 17.5. The number of para-hydroxylation sites is 1. The van der Waals surface area contributed by atoms with E-state index >= 15 is 0 Å². The van der Waals surface area contributed by atoms with Crippen LogP contribution in [-0.2, 0) is 9.59 Å². The molecule has 8 nitrogen and oxygen atoms in total. The van der Waals surface area contributed by atoms with Gasteiger partial charge in [-0.2, -0.15) is 0 Å². The highest BCUT2D eigenvalue weighted by atomic mass is 32.2. The van der Waals surface area contributed by atoms with Gasteiger partial charge in [0.1, 0.15) is 6.04 Å². The molecule has 132 valence electrons. The van der Waals surface area contributed by atoms with Crippen molar-refractivity contribution in [1.29, 1.82) is 0 Å². The summed E-state index contributed by atoms with van der Waals surface area (Å²) in [6, 6.07) is 6.49. The maximum Gasteiger partial charge on any atom is 0.315 e. The summed E-state index contributed by atoms with van der Waals surface area (Å²) in [6.07, 6.45) is 1.24. The van der Waals surface area contributed by atoms with Gasteiger partial charge in [-0.05, 0) is 25.0 Å². The van der Waals surface area contributed by atoms with Gasteiger partial charge in [0.25, 0.3) is 5.91 Å². The van der Waals surface area contributed by atoms with Crippen LogP contribution in [-0.4, -0.2) is 46.1 Å². The predicted octanol–water partition coefficient (Wildman–Crippen LogP) is 1.08. The normalized spacial score (nSPS) is 16.8. The van der Waals surface area contributed by atoms with Crippen LogP contribution in [0, 0.1) is 0 Å². The number of thioether (sulfide) groups is 1. The van der Waals surface area contributed by atoms with Crippen molar-refractivity contribution < 1.29 is 14.4 Å². The van der Waals surface area contributed by atoms with Crippen LogP contribution in [0.25, 0.3) is 10.2 Å². The van der Waals surface area contributed by atoms with Crippen molar-refractivity contribution in [1.82, 2.24) is 20.7 Å². The molecule has 2 aromatic rings. The summed E-state index contributed by atoms with van der Waals surface area (Å²) in [5, 5.41) is 0. The number of benzene rings is 1. The molecule has 1 aliphatic rings. The second-order valence-corrected chi connectivity index (χ2v) is 7.72. The third kappa shape index (κ3) is 4.20. The number of fused-ring (bicyclic) bond motifs is 1. The number of nitrogens with zero attached hydrogens (tertiary/aromatic N) is 2. The number of nitrogens with two attached hydrogens (primary N) is 1. The molecule has 1 fully saturated rings. The molecule has 1 unspecified atom stereocenters. The summed E-state index contributed by atoms with van der Waals surface area (Å²) in [5.74, 6) is -0.652. The van der Waals surface area contributed by atoms with E-state index in [4.69, 9.17) is 5.73 Å². The lowest BCUT2D eigenvalue weighted by atomic mass is 10.2. The van der Waals surface area contributed by atoms with Gasteiger partial charge in [-0.15, -0.1) is 11.3 Å². The third-order valence-corrected chi connectivity index (χ3v) is 5.94. The molecule has 0 radical (unpaired) electrons. The average molecular weight is 379 g/mol. The molecule has 0 aliphatic carbocycles. The van der Waals surface area contributed by atoms with E-state index in [1.807, 2.05) is 24.3 Å². The number of urea groups is 1. The van der Waals surface area contributed by atoms with Crippen LogP contribution in [0.15, 0.2) is 28.6 Å². The summed E-state index contributed by atoms with van der Waals surface area (Å²) in [7, 11) is 0.